The van der Waals surface area contributed by atoms with Crippen LogP contribution in [0.4, 0.5) is 11.5 Å². The zero-order chi connectivity index (χ0) is 17.5. The number of nitrogens with one attached hydrogen (secondary N) is 1. The molecule has 1 aliphatic rings. The quantitative estimate of drug-likeness (QED) is 0.456. The maximum Gasteiger partial charge on any atom is 0.343 e. The molecule has 0 radical (unpaired) electrons. The smallest absolute Gasteiger partial charge is 0.343 e. The monoisotopic (exact) mass is 361 g/mol. The van der Waals surface area contributed by atoms with Gasteiger partial charge in [-0.3, -0.25) is 15.0 Å². The number of hydrogen-bond acceptors (Lipinski definition) is 8. The molecule has 9 heteroatoms. The molecule has 1 aliphatic heterocycles. The van der Waals surface area contributed by atoms with Crippen molar-refractivity contribution in [2.75, 3.05) is 44.7 Å². The Hall–Kier alpha value is -2.23. The minimum atomic E-state index is -0.428. The first-order valence-electron chi connectivity index (χ1n) is 8.00. The van der Waals surface area contributed by atoms with E-state index in [9.17, 15) is 10.1 Å². The number of nitro groups is 1. The summed E-state index contributed by atoms with van der Waals surface area (Å²) in [5.41, 5.74) is -0.0849. The summed E-state index contributed by atoms with van der Waals surface area (Å²) in [6.07, 6.45) is 1.36. The minimum Gasteiger partial charge on any atom is -0.379 e. The first-order chi connectivity index (χ1) is 12.2. The highest BCUT2D eigenvalue weighted by Gasteiger charge is 2.23. The third-order valence-electron chi connectivity index (χ3n) is 3.75. The van der Waals surface area contributed by atoms with Gasteiger partial charge in [0, 0.05) is 31.1 Å². The number of benzene rings is 1. The average molecular weight is 361 g/mol. The summed E-state index contributed by atoms with van der Waals surface area (Å²) in [4.78, 5) is 22.4. The summed E-state index contributed by atoms with van der Waals surface area (Å²) in [6, 6.07) is 9.45. The number of anilines is 1. The lowest BCUT2D eigenvalue weighted by molar-refractivity contribution is -0.387. The second-order valence-corrected chi connectivity index (χ2v) is 6.49. The molecule has 3 rings (SSSR count). The Morgan fingerprint density at radius 2 is 2.00 bits per heavy atom. The van der Waals surface area contributed by atoms with Gasteiger partial charge in [0.2, 0.25) is 5.82 Å². The van der Waals surface area contributed by atoms with Crippen molar-refractivity contribution in [3.63, 3.8) is 0 Å². The zero-order valence-corrected chi connectivity index (χ0v) is 14.4. The molecule has 1 aromatic heterocycles. The third-order valence-corrected chi connectivity index (χ3v) is 4.75. The van der Waals surface area contributed by atoms with Gasteiger partial charge in [-0.2, -0.15) is 0 Å². The lowest BCUT2D eigenvalue weighted by Gasteiger charge is -2.26. The van der Waals surface area contributed by atoms with E-state index in [-0.39, 0.29) is 11.5 Å². The van der Waals surface area contributed by atoms with Crippen molar-refractivity contribution in [2.45, 2.75) is 9.92 Å². The highest BCUT2D eigenvalue weighted by molar-refractivity contribution is 7.99. The fraction of sp³-hybridized carbons (Fsp3) is 0.375. The van der Waals surface area contributed by atoms with Gasteiger partial charge >= 0.3 is 5.69 Å². The maximum absolute atomic E-state index is 11.5. The maximum atomic E-state index is 11.5. The van der Waals surface area contributed by atoms with Crippen LogP contribution in [-0.4, -0.2) is 59.2 Å². The number of ether oxygens (including phenoxy) is 1. The van der Waals surface area contributed by atoms with E-state index in [4.69, 9.17) is 4.74 Å². The summed E-state index contributed by atoms with van der Waals surface area (Å²) in [5, 5.41) is 15.0. The second kappa shape index (κ2) is 8.75. The molecule has 0 unspecified atom stereocenters. The van der Waals surface area contributed by atoms with Crippen LogP contribution in [0.3, 0.4) is 0 Å². The largest absolute Gasteiger partial charge is 0.379 e. The molecule has 0 amide bonds. The Balaban J connectivity index is 1.70. The van der Waals surface area contributed by atoms with Crippen LogP contribution >= 0.6 is 11.8 Å². The summed E-state index contributed by atoms with van der Waals surface area (Å²) in [6.45, 7) is 4.57. The Morgan fingerprint density at radius 1 is 1.24 bits per heavy atom. The van der Waals surface area contributed by atoms with Gasteiger partial charge in [0.05, 0.1) is 18.1 Å². The molecule has 2 heterocycles. The SMILES string of the molecule is O=[N+]([O-])c1c(NCCN2CCOCC2)ncnc1Sc1ccccc1. The molecule has 1 N–H and O–H groups in total. The molecule has 0 spiro atoms. The first kappa shape index (κ1) is 17.6. The lowest BCUT2D eigenvalue weighted by Crippen LogP contribution is -2.39. The van der Waals surface area contributed by atoms with E-state index in [2.05, 4.69) is 20.2 Å². The van der Waals surface area contributed by atoms with Crippen LogP contribution in [0.2, 0.25) is 0 Å². The molecular formula is C16H19N5O3S. The van der Waals surface area contributed by atoms with Gasteiger partial charge < -0.3 is 10.1 Å². The summed E-state index contributed by atoms with van der Waals surface area (Å²) in [5.74, 6) is 0.256. The van der Waals surface area contributed by atoms with E-state index in [1.54, 1.807) is 0 Å². The average Bonchev–Trinajstić information content (AvgIpc) is 2.63. The van der Waals surface area contributed by atoms with Gasteiger partial charge in [-0.1, -0.05) is 30.0 Å². The molecule has 1 fully saturated rings. The van der Waals surface area contributed by atoms with Crippen LogP contribution in [0.15, 0.2) is 46.6 Å². The zero-order valence-electron chi connectivity index (χ0n) is 13.6. The van der Waals surface area contributed by atoms with Crippen molar-refractivity contribution in [3.05, 3.63) is 46.8 Å². The van der Waals surface area contributed by atoms with Gasteiger partial charge in [0.1, 0.15) is 6.33 Å². The molecular weight excluding hydrogens is 342 g/mol. The van der Waals surface area contributed by atoms with Gasteiger partial charge in [0.25, 0.3) is 0 Å². The normalized spacial score (nSPS) is 15.0. The fourth-order valence-electron chi connectivity index (χ4n) is 2.49. The van der Waals surface area contributed by atoms with Gasteiger partial charge in [-0.15, -0.1) is 0 Å². The van der Waals surface area contributed by atoms with Crippen LogP contribution in [0.1, 0.15) is 0 Å². The summed E-state index contributed by atoms with van der Waals surface area (Å²) in [7, 11) is 0. The Labute approximate surface area is 149 Å². The van der Waals surface area contributed by atoms with Crippen molar-refractivity contribution < 1.29 is 9.66 Å². The van der Waals surface area contributed by atoms with Crippen LogP contribution in [-0.2, 0) is 4.74 Å². The molecule has 0 atom stereocenters. The molecule has 25 heavy (non-hydrogen) atoms. The Kier molecular flexibility index (Phi) is 6.15. The van der Waals surface area contributed by atoms with E-state index >= 15 is 0 Å². The van der Waals surface area contributed by atoms with E-state index in [0.717, 1.165) is 37.7 Å². The van der Waals surface area contributed by atoms with Gasteiger partial charge in [-0.25, -0.2) is 9.97 Å². The molecule has 0 bridgehead atoms. The molecule has 2 aromatic rings. The number of morpholine rings is 1. The third kappa shape index (κ3) is 4.88. The van der Waals surface area contributed by atoms with E-state index in [0.29, 0.717) is 11.6 Å². The Bertz CT molecular complexity index is 710. The van der Waals surface area contributed by atoms with Crippen molar-refractivity contribution in [1.82, 2.24) is 14.9 Å². The predicted octanol–water partition coefficient (Wildman–Crippen LogP) is 2.28. The number of aromatic nitrogens is 2. The molecule has 1 aromatic carbocycles. The van der Waals surface area contributed by atoms with Crippen molar-refractivity contribution in [1.29, 1.82) is 0 Å². The fourth-order valence-corrected chi connectivity index (χ4v) is 3.37. The van der Waals surface area contributed by atoms with Crippen LogP contribution in [0, 0.1) is 10.1 Å². The van der Waals surface area contributed by atoms with E-state index < -0.39 is 4.92 Å². The highest BCUT2D eigenvalue weighted by Crippen LogP contribution is 2.36. The van der Waals surface area contributed by atoms with Crippen molar-refractivity contribution in [2.24, 2.45) is 0 Å². The Morgan fingerprint density at radius 3 is 2.72 bits per heavy atom. The molecule has 0 saturated carbocycles. The predicted molar refractivity (Wildman–Crippen MR) is 95.0 cm³/mol. The molecule has 132 valence electrons. The van der Waals surface area contributed by atoms with Crippen LogP contribution in [0.5, 0.6) is 0 Å². The number of rotatable bonds is 7. The summed E-state index contributed by atoms with van der Waals surface area (Å²) >= 11 is 1.26. The lowest BCUT2D eigenvalue weighted by atomic mass is 10.4. The van der Waals surface area contributed by atoms with E-state index in [1.807, 2.05) is 30.3 Å². The van der Waals surface area contributed by atoms with Gasteiger partial charge in [-0.05, 0) is 12.1 Å². The van der Waals surface area contributed by atoms with Gasteiger partial charge in [0.15, 0.2) is 5.03 Å². The standard InChI is InChI=1S/C16H19N5O3S/c22-21(23)14-15(17-6-7-20-8-10-24-11-9-20)18-12-19-16(14)25-13-4-2-1-3-5-13/h1-5,12H,6-11H2,(H,17,18,19). The second-order valence-electron chi connectivity index (χ2n) is 5.43. The summed E-state index contributed by atoms with van der Waals surface area (Å²) < 4.78 is 5.31. The molecule has 8 nitrogen and oxygen atoms in total. The molecule has 0 aliphatic carbocycles. The first-order valence-corrected chi connectivity index (χ1v) is 8.82. The number of nitrogens with zero attached hydrogens (tertiary/aromatic N) is 4. The van der Waals surface area contributed by atoms with E-state index in [1.165, 1.54) is 18.1 Å². The van der Waals surface area contributed by atoms with Crippen molar-refractivity contribution >= 4 is 23.3 Å². The topological polar surface area (TPSA) is 93.4 Å². The number of hydrogen-bond donors (Lipinski definition) is 1. The highest BCUT2D eigenvalue weighted by atomic mass is 32.2. The minimum absolute atomic E-state index is 0.0849. The van der Waals surface area contributed by atoms with Crippen LogP contribution in [0.25, 0.3) is 0 Å². The molecule has 1 saturated heterocycles. The van der Waals surface area contributed by atoms with Crippen molar-refractivity contribution in [3.8, 4) is 0 Å². The van der Waals surface area contributed by atoms with Crippen LogP contribution < -0.4 is 5.32 Å².